The lowest BCUT2D eigenvalue weighted by atomic mass is 9.83. The first-order valence-electron chi connectivity index (χ1n) is 8.67. The monoisotopic (exact) mass is 380 g/mol. The van der Waals surface area contributed by atoms with Gasteiger partial charge < -0.3 is 10.3 Å². The smallest absolute Gasteiger partial charge is 0.115 e. The van der Waals surface area contributed by atoms with E-state index >= 15 is 0 Å². The number of hydrogen-bond acceptors (Lipinski definition) is 4. The summed E-state index contributed by atoms with van der Waals surface area (Å²) >= 11 is 6.13. The van der Waals surface area contributed by atoms with Crippen molar-refractivity contribution in [2.45, 2.75) is 26.2 Å². The van der Waals surface area contributed by atoms with Crippen LogP contribution in [0.3, 0.4) is 0 Å². The van der Waals surface area contributed by atoms with Crippen LogP contribution in [-0.4, -0.2) is 21.0 Å². The van der Waals surface area contributed by atoms with E-state index in [4.69, 9.17) is 11.6 Å². The number of rotatable bonds is 5. The first-order valence-corrected chi connectivity index (χ1v) is 9.04. The average molecular weight is 381 g/mol. The van der Waals surface area contributed by atoms with Crippen LogP contribution in [0.2, 0.25) is 5.02 Å². The van der Waals surface area contributed by atoms with Gasteiger partial charge in [-0.2, -0.15) is 0 Å². The Labute approximate surface area is 163 Å². The molecule has 0 radical (unpaired) electrons. The Kier molecular flexibility index (Phi) is 5.77. The van der Waals surface area contributed by atoms with Gasteiger partial charge in [0.2, 0.25) is 0 Å². The summed E-state index contributed by atoms with van der Waals surface area (Å²) in [6, 6.07) is 16.6. The van der Waals surface area contributed by atoms with Crippen LogP contribution in [0.5, 0.6) is 5.75 Å². The van der Waals surface area contributed by atoms with E-state index in [1.165, 1.54) is 0 Å². The molecule has 5 heteroatoms. The number of aromatic hydroxyl groups is 1. The van der Waals surface area contributed by atoms with E-state index in [9.17, 15) is 10.3 Å². The molecule has 0 bridgehead atoms. The van der Waals surface area contributed by atoms with E-state index in [-0.39, 0.29) is 11.7 Å². The number of hydrogen-bond donors (Lipinski definition) is 2. The van der Waals surface area contributed by atoms with E-state index in [1.807, 2.05) is 56.3 Å². The first-order chi connectivity index (χ1) is 13.0. The molecule has 0 saturated heterocycles. The Bertz CT molecular complexity index is 968. The Hall–Kier alpha value is -2.85. The van der Waals surface area contributed by atoms with Crippen LogP contribution in [0.15, 0.2) is 65.9 Å². The number of oxime groups is 1. The molecule has 3 rings (SSSR count). The van der Waals surface area contributed by atoms with Crippen LogP contribution in [-0.2, 0) is 0 Å². The molecule has 1 atom stereocenters. The van der Waals surface area contributed by atoms with Crippen LogP contribution in [0.25, 0.3) is 0 Å². The number of pyridine rings is 1. The summed E-state index contributed by atoms with van der Waals surface area (Å²) in [4.78, 5) is 4.21. The second kappa shape index (κ2) is 8.23. The summed E-state index contributed by atoms with van der Waals surface area (Å²) in [5.41, 5.74) is 5.44. The zero-order valence-electron chi connectivity index (χ0n) is 15.2. The summed E-state index contributed by atoms with van der Waals surface area (Å²) in [6.45, 7) is 3.92. The maximum atomic E-state index is 9.68. The van der Waals surface area contributed by atoms with Gasteiger partial charge in [0, 0.05) is 34.8 Å². The lowest BCUT2D eigenvalue weighted by Gasteiger charge is -2.21. The predicted octanol–water partition coefficient (Wildman–Crippen LogP) is 5.46. The molecule has 1 heterocycles. The molecular weight excluding hydrogens is 360 g/mol. The average Bonchev–Trinajstić information content (AvgIpc) is 2.64. The molecule has 0 aliphatic carbocycles. The highest BCUT2D eigenvalue weighted by molar-refractivity contribution is 6.30. The number of phenolic OH excluding ortho intramolecular Hbond substituents is 1. The van der Waals surface area contributed by atoms with Crippen molar-refractivity contribution in [1.82, 2.24) is 4.98 Å². The highest BCUT2D eigenvalue weighted by Crippen LogP contribution is 2.33. The van der Waals surface area contributed by atoms with E-state index in [0.717, 1.165) is 27.9 Å². The largest absolute Gasteiger partial charge is 0.508 e. The van der Waals surface area contributed by atoms with Crippen LogP contribution in [0.4, 0.5) is 0 Å². The highest BCUT2D eigenvalue weighted by atomic mass is 35.5. The lowest BCUT2D eigenvalue weighted by molar-refractivity contribution is 0.317. The summed E-state index contributed by atoms with van der Waals surface area (Å²) < 4.78 is 0. The molecule has 0 saturated carbocycles. The van der Waals surface area contributed by atoms with Crippen molar-refractivity contribution < 1.29 is 10.3 Å². The van der Waals surface area contributed by atoms with Gasteiger partial charge in [-0.25, -0.2) is 0 Å². The summed E-state index contributed by atoms with van der Waals surface area (Å²) in [7, 11) is 0. The van der Waals surface area contributed by atoms with Gasteiger partial charge in [0.1, 0.15) is 5.75 Å². The maximum Gasteiger partial charge on any atom is 0.115 e. The van der Waals surface area contributed by atoms with Crippen molar-refractivity contribution in [2.24, 2.45) is 5.16 Å². The third-order valence-electron chi connectivity index (χ3n) is 4.65. The number of aryl methyl sites for hydroxylation is 2. The molecule has 0 aliphatic rings. The fourth-order valence-electron chi connectivity index (χ4n) is 3.28. The van der Waals surface area contributed by atoms with E-state index in [0.29, 0.717) is 17.2 Å². The fraction of sp³-hybridized carbons (Fsp3) is 0.182. The Morgan fingerprint density at radius 1 is 1.07 bits per heavy atom. The van der Waals surface area contributed by atoms with Crippen molar-refractivity contribution >= 4 is 17.3 Å². The van der Waals surface area contributed by atoms with Gasteiger partial charge in [-0.15, -0.1) is 0 Å². The Morgan fingerprint density at radius 3 is 2.44 bits per heavy atom. The molecule has 0 fully saturated rings. The second-order valence-electron chi connectivity index (χ2n) is 6.58. The first kappa shape index (κ1) is 18.9. The number of halogens is 1. The minimum Gasteiger partial charge on any atom is -0.508 e. The lowest BCUT2D eigenvalue weighted by Crippen LogP contribution is -2.12. The molecule has 1 unspecified atom stereocenters. The molecule has 2 N–H and O–H groups in total. The third-order valence-corrected chi connectivity index (χ3v) is 4.89. The number of benzene rings is 2. The minimum atomic E-state index is -0.0535. The second-order valence-corrected chi connectivity index (χ2v) is 7.02. The van der Waals surface area contributed by atoms with E-state index < -0.39 is 0 Å². The van der Waals surface area contributed by atoms with Gasteiger partial charge in [-0.05, 0) is 66.9 Å². The van der Waals surface area contributed by atoms with Gasteiger partial charge in [-0.1, -0.05) is 35.0 Å². The highest BCUT2D eigenvalue weighted by Gasteiger charge is 2.21. The zero-order valence-corrected chi connectivity index (χ0v) is 16.0. The van der Waals surface area contributed by atoms with E-state index in [2.05, 4.69) is 10.1 Å². The molecule has 4 nitrogen and oxygen atoms in total. The Morgan fingerprint density at radius 2 is 1.81 bits per heavy atom. The summed E-state index contributed by atoms with van der Waals surface area (Å²) in [5, 5.41) is 23.6. The molecule has 0 amide bonds. The third kappa shape index (κ3) is 4.47. The number of nitrogens with zero attached hydrogens (tertiary/aromatic N) is 2. The van der Waals surface area contributed by atoms with Gasteiger partial charge in [0.15, 0.2) is 0 Å². The molecule has 0 aliphatic heterocycles. The van der Waals surface area contributed by atoms with Crippen molar-refractivity contribution in [1.29, 1.82) is 0 Å². The van der Waals surface area contributed by atoms with Crippen molar-refractivity contribution in [3.63, 3.8) is 0 Å². The minimum absolute atomic E-state index is 0.0535. The van der Waals surface area contributed by atoms with Crippen LogP contribution in [0.1, 0.15) is 40.3 Å². The SMILES string of the molecule is Cc1cc(C(CC(c2ccc(O)cc2)c2ccc(Cl)cc2C)=NO)ccn1. The van der Waals surface area contributed by atoms with E-state index in [1.54, 1.807) is 18.3 Å². The summed E-state index contributed by atoms with van der Waals surface area (Å²) in [6.07, 6.45) is 2.20. The molecule has 3 aromatic rings. The number of aromatic nitrogens is 1. The summed E-state index contributed by atoms with van der Waals surface area (Å²) in [5.74, 6) is 0.161. The normalized spacial score (nSPS) is 12.8. The predicted molar refractivity (Wildman–Crippen MR) is 108 cm³/mol. The molecule has 1 aromatic heterocycles. The van der Waals surface area contributed by atoms with Crippen molar-refractivity contribution in [2.75, 3.05) is 0 Å². The van der Waals surface area contributed by atoms with Crippen LogP contribution in [0, 0.1) is 13.8 Å². The topological polar surface area (TPSA) is 65.7 Å². The van der Waals surface area contributed by atoms with Gasteiger partial charge in [0.25, 0.3) is 0 Å². The van der Waals surface area contributed by atoms with Crippen molar-refractivity contribution in [3.8, 4) is 5.75 Å². The van der Waals surface area contributed by atoms with Gasteiger partial charge in [0.05, 0.1) is 5.71 Å². The molecule has 27 heavy (non-hydrogen) atoms. The molecule has 0 spiro atoms. The molecular formula is C22H21ClN2O2. The Balaban J connectivity index is 2.05. The van der Waals surface area contributed by atoms with Crippen LogP contribution < -0.4 is 0 Å². The molecule has 2 aromatic carbocycles. The maximum absolute atomic E-state index is 9.68. The van der Waals surface area contributed by atoms with Gasteiger partial charge >= 0.3 is 0 Å². The fourth-order valence-corrected chi connectivity index (χ4v) is 3.51. The van der Waals surface area contributed by atoms with Crippen molar-refractivity contribution in [3.05, 3.63) is 93.8 Å². The number of phenols is 1. The van der Waals surface area contributed by atoms with Crippen LogP contribution >= 0.6 is 11.6 Å². The zero-order chi connectivity index (χ0) is 19.4. The molecule has 138 valence electrons. The van der Waals surface area contributed by atoms with Gasteiger partial charge in [-0.3, -0.25) is 4.98 Å². The standard InChI is InChI=1S/C22H21ClN2O2/c1-14-11-18(23)5-8-20(14)21(16-3-6-19(26)7-4-16)13-22(25-27)17-9-10-24-15(2)12-17/h3-12,21,26-27H,13H2,1-2H3. The quantitative estimate of drug-likeness (QED) is 0.351.